The van der Waals surface area contributed by atoms with E-state index >= 15 is 0 Å². The summed E-state index contributed by atoms with van der Waals surface area (Å²) in [6.07, 6.45) is 7.14. The van der Waals surface area contributed by atoms with Gasteiger partial charge in [-0.3, -0.25) is 9.88 Å². The molecule has 1 aromatic heterocycles. The molecule has 1 aliphatic rings. The lowest BCUT2D eigenvalue weighted by atomic mass is 9.84. The Labute approximate surface area is 123 Å². The number of aromatic nitrogens is 1. The highest BCUT2D eigenvalue weighted by atomic mass is 15.1. The van der Waals surface area contributed by atoms with Gasteiger partial charge in [0, 0.05) is 31.9 Å². The van der Waals surface area contributed by atoms with Crippen LogP contribution in [0.25, 0.3) is 0 Å². The van der Waals surface area contributed by atoms with Gasteiger partial charge in [0.25, 0.3) is 0 Å². The van der Waals surface area contributed by atoms with E-state index in [9.17, 15) is 0 Å². The van der Waals surface area contributed by atoms with E-state index in [4.69, 9.17) is 0 Å². The van der Waals surface area contributed by atoms with Gasteiger partial charge in [0.1, 0.15) is 0 Å². The Morgan fingerprint density at radius 2 is 2.20 bits per heavy atom. The van der Waals surface area contributed by atoms with E-state index in [2.05, 4.69) is 48.2 Å². The molecule has 3 heteroatoms. The van der Waals surface area contributed by atoms with Gasteiger partial charge in [-0.05, 0) is 43.9 Å². The van der Waals surface area contributed by atoms with Crippen molar-refractivity contribution in [2.24, 2.45) is 5.41 Å². The van der Waals surface area contributed by atoms with Gasteiger partial charge in [0.15, 0.2) is 0 Å². The Balaban J connectivity index is 1.85. The Kier molecular flexibility index (Phi) is 5.55. The molecule has 1 unspecified atom stereocenters. The number of hydrogen-bond donors (Lipinski definition) is 1. The first-order chi connectivity index (χ1) is 9.61. The summed E-state index contributed by atoms with van der Waals surface area (Å²) in [6, 6.07) is 6.95. The molecule has 1 aromatic rings. The standard InChI is InChI=1S/C17H29N3/c1-4-10-17(2,13-19-15-8-9-15)14-20(3)12-16-7-5-6-11-18-16/h5-7,11,15,19H,4,8-10,12-14H2,1-3H3. The molecule has 20 heavy (non-hydrogen) atoms. The molecule has 0 amide bonds. The molecule has 0 spiro atoms. The van der Waals surface area contributed by atoms with Gasteiger partial charge in [-0.25, -0.2) is 0 Å². The third kappa shape index (κ3) is 5.22. The van der Waals surface area contributed by atoms with Crippen molar-refractivity contribution in [2.75, 3.05) is 20.1 Å². The van der Waals surface area contributed by atoms with E-state index in [0.717, 1.165) is 31.4 Å². The summed E-state index contributed by atoms with van der Waals surface area (Å²) in [6.45, 7) is 7.90. The lowest BCUT2D eigenvalue weighted by molar-refractivity contribution is 0.166. The van der Waals surface area contributed by atoms with E-state index in [1.807, 2.05) is 12.3 Å². The summed E-state index contributed by atoms with van der Waals surface area (Å²) in [4.78, 5) is 6.83. The van der Waals surface area contributed by atoms with Gasteiger partial charge in [-0.1, -0.05) is 26.3 Å². The molecule has 0 radical (unpaired) electrons. The minimum atomic E-state index is 0.362. The minimum Gasteiger partial charge on any atom is -0.313 e. The van der Waals surface area contributed by atoms with Crippen LogP contribution in [0.3, 0.4) is 0 Å². The molecule has 112 valence electrons. The van der Waals surface area contributed by atoms with Crippen LogP contribution in [0.4, 0.5) is 0 Å². The Morgan fingerprint density at radius 1 is 1.40 bits per heavy atom. The molecule has 0 bridgehead atoms. The van der Waals surface area contributed by atoms with Crippen LogP contribution in [0.2, 0.25) is 0 Å². The fourth-order valence-electron chi connectivity index (χ4n) is 2.98. The van der Waals surface area contributed by atoms with Crippen LogP contribution in [-0.2, 0) is 6.54 Å². The van der Waals surface area contributed by atoms with E-state index in [-0.39, 0.29) is 0 Å². The van der Waals surface area contributed by atoms with Crippen LogP contribution < -0.4 is 5.32 Å². The first-order valence-electron chi connectivity index (χ1n) is 7.93. The first kappa shape index (κ1) is 15.5. The molecule has 1 atom stereocenters. The van der Waals surface area contributed by atoms with Gasteiger partial charge < -0.3 is 5.32 Å². The number of rotatable bonds is 9. The van der Waals surface area contributed by atoms with Gasteiger partial charge in [-0.15, -0.1) is 0 Å². The summed E-state index contributed by atoms with van der Waals surface area (Å²) in [5.74, 6) is 0. The van der Waals surface area contributed by atoms with Crippen LogP contribution in [-0.4, -0.2) is 36.1 Å². The van der Waals surface area contributed by atoms with Crippen molar-refractivity contribution in [1.29, 1.82) is 0 Å². The van der Waals surface area contributed by atoms with E-state index < -0.39 is 0 Å². The number of pyridine rings is 1. The fourth-order valence-corrected chi connectivity index (χ4v) is 2.98. The summed E-state index contributed by atoms with van der Waals surface area (Å²) < 4.78 is 0. The van der Waals surface area contributed by atoms with E-state index in [0.29, 0.717) is 5.41 Å². The van der Waals surface area contributed by atoms with Crippen molar-refractivity contribution in [1.82, 2.24) is 15.2 Å². The van der Waals surface area contributed by atoms with Crippen molar-refractivity contribution >= 4 is 0 Å². The number of hydrogen-bond acceptors (Lipinski definition) is 3. The molecule has 1 aliphatic carbocycles. The second kappa shape index (κ2) is 7.19. The van der Waals surface area contributed by atoms with E-state index in [1.54, 1.807) is 0 Å². The molecule has 2 rings (SSSR count). The second-order valence-corrected chi connectivity index (χ2v) is 6.71. The maximum absolute atomic E-state index is 4.42. The first-order valence-corrected chi connectivity index (χ1v) is 7.93. The topological polar surface area (TPSA) is 28.2 Å². The van der Waals surface area contributed by atoms with E-state index in [1.165, 1.54) is 25.7 Å². The summed E-state index contributed by atoms with van der Waals surface area (Å²) in [7, 11) is 2.21. The van der Waals surface area contributed by atoms with Crippen molar-refractivity contribution in [3.8, 4) is 0 Å². The molecule has 1 heterocycles. The predicted molar refractivity (Wildman–Crippen MR) is 84.6 cm³/mol. The highest BCUT2D eigenvalue weighted by Crippen LogP contribution is 2.27. The Bertz CT molecular complexity index is 388. The molecular formula is C17H29N3. The molecule has 3 nitrogen and oxygen atoms in total. The maximum atomic E-state index is 4.42. The van der Waals surface area contributed by atoms with Crippen molar-refractivity contribution < 1.29 is 0 Å². The van der Waals surface area contributed by atoms with Crippen LogP contribution in [0.15, 0.2) is 24.4 Å². The summed E-state index contributed by atoms with van der Waals surface area (Å²) in [5, 5.41) is 3.71. The van der Waals surface area contributed by atoms with Gasteiger partial charge in [-0.2, -0.15) is 0 Å². The Hall–Kier alpha value is -0.930. The predicted octanol–water partition coefficient (Wildman–Crippen LogP) is 3.07. The monoisotopic (exact) mass is 275 g/mol. The lowest BCUT2D eigenvalue weighted by Gasteiger charge is -2.34. The number of nitrogens with zero attached hydrogens (tertiary/aromatic N) is 2. The quantitative estimate of drug-likeness (QED) is 0.751. The smallest absolute Gasteiger partial charge is 0.0543 e. The average molecular weight is 275 g/mol. The zero-order valence-electron chi connectivity index (χ0n) is 13.2. The molecule has 1 saturated carbocycles. The van der Waals surface area contributed by atoms with Crippen LogP contribution in [0, 0.1) is 5.41 Å². The molecule has 1 N–H and O–H groups in total. The van der Waals surface area contributed by atoms with Crippen molar-refractivity contribution in [3.63, 3.8) is 0 Å². The normalized spacial score (nSPS) is 18.2. The second-order valence-electron chi connectivity index (χ2n) is 6.71. The van der Waals surface area contributed by atoms with Crippen LogP contribution in [0.5, 0.6) is 0 Å². The highest BCUT2D eigenvalue weighted by Gasteiger charge is 2.29. The molecule has 0 aromatic carbocycles. The molecule has 0 saturated heterocycles. The third-order valence-electron chi connectivity index (χ3n) is 4.06. The molecule has 1 fully saturated rings. The van der Waals surface area contributed by atoms with Gasteiger partial charge >= 0.3 is 0 Å². The van der Waals surface area contributed by atoms with Gasteiger partial charge in [0.05, 0.1) is 5.69 Å². The SMILES string of the molecule is CCCC(C)(CNC1CC1)CN(C)Cc1ccccn1. The Morgan fingerprint density at radius 3 is 2.80 bits per heavy atom. The highest BCUT2D eigenvalue weighted by molar-refractivity contribution is 5.03. The van der Waals surface area contributed by atoms with Crippen molar-refractivity contribution in [3.05, 3.63) is 30.1 Å². The van der Waals surface area contributed by atoms with Crippen molar-refractivity contribution in [2.45, 2.75) is 52.1 Å². The number of nitrogens with one attached hydrogen (secondary N) is 1. The lowest BCUT2D eigenvalue weighted by Crippen LogP contribution is -2.41. The fraction of sp³-hybridized carbons (Fsp3) is 0.706. The minimum absolute atomic E-state index is 0.362. The maximum Gasteiger partial charge on any atom is 0.0543 e. The summed E-state index contributed by atoms with van der Waals surface area (Å²) >= 11 is 0. The summed E-state index contributed by atoms with van der Waals surface area (Å²) in [5.41, 5.74) is 1.52. The zero-order chi connectivity index (χ0) is 14.4. The molecule has 0 aliphatic heterocycles. The molecular weight excluding hydrogens is 246 g/mol. The van der Waals surface area contributed by atoms with Gasteiger partial charge in [0.2, 0.25) is 0 Å². The zero-order valence-corrected chi connectivity index (χ0v) is 13.2. The largest absolute Gasteiger partial charge is 0.313 e. The average Bonchev–Trinajstić information content (AvgIpc) is 3.22. The van der Waals surface area contributed by atoms with Crippen LogP contribution in [0.1, 0.15) is 45.2 Å². The van der Waals surface area contributed by atoms with Crippen LogP contribution >= 0.6 is 0 Å². The third-order valence-corrected chi connectivity index (χ3v) is 4.06.